The van der Waals surface area contributed by atoms with Gasteiger partial charge in [0.2, 0.25) is 0 Å². The third kappa shape index (κ3) is 1.96. The van der Waals surface area contributed by atoms with Crippen LogP contribution in [0.15, 0.2) is 48.7 Å². The van der Waals surface area contributed by atoms with E-state index in [0.29, 0.717) is 0 Å². The standard InChI is InChI=1S/C22H19N/c1-14-9-10-23-20(11-14)19-12-17-7-5-15-3-2-4-16-6-8-18(13-19)22(17)21(15)16/h2-4,9-13H,5-8H2,1H3. The second-order valence-corrected chi connectivity index (χ2v) is 6.84. The van der Waals surface area contributed by atoms with Crippen LogP contribution in [0.3, 0.4) is 0 Å². The van der Waals surface area contributed by atoms with E-state index in [1.54, 1.807) is 5.56 Å². The Labute approximate surface area is 137 Å². The largest absolute Gasteiger partial charge is 0.256 e. The summed E-state index contributed by atoms with van der Waals surface area (Å²) >= 11 is 0. The number of aromatic nitrogens is 1. The normalized spacial score (nSPS) is 14.5. The van der Waals surface area contributed by atoms with Crippen molar-refractivity contribution in [3.63, 3.8) is 0 Å². The number of pyridine rings is 1. The van der Waals surface area contributed by atoms with Crippen molar-refractivity contribution in [2.45, 2.75) is 32.6 Å². The van der Waals surface area contributed by atoms with E-state index in [9.17, 15) is 0 Å². The van der Waals surface area contributed by atoms with Crippen molar-refractivity contribution in [3.8, 4) is 22.4 Å². The van der Waals surface area contributed by atoms with Crippen LogP contribution in [0.25, 0.3) is 22.4 Å². The average molecular weight is 297 g/mol. The summed E-state index contributed by atoms with van der Waals surface area (Å²) in [6, 6.07) is 15.9. The first-order chi connectivity index (χ1) is 11.3. The zero-order valence-electron chi connectivity index (χ0n) is 13.4. The van der Waals surface area contributed by atoms with Gasteiger partial charge in [-0.15, -0.1) is 0 Å². The number of nitrogens with zero attached hydrogens (tertiary/aromatic N) is 1. The molecule has 1 nitrogen and oxygen atoms in total. The van der Waals surface area contributed by atoms with Gasteiger partial charge >= 0.3 is 0 Å². The van der Waals surface area contributed by atoms with E-state index in [-0.39, 0.29) is 0 Å². The molecule has 0 unspecified atom stereocenters. The highest BCUT2D eigenvalue weighted by Crippen LogP contribution is 2.43. The van der Waals surface area contributed by atoms with Crippen molar-refractivity contribution < 1.29 is 0 Å². The summed E-state index contributed by atoms with van der Waals surface area (Å²) in [5, 5.41) is 0. The van der Waals surface area contributed by atoms with Gasteiger partial charge in [-0.2, -0.15) is 0 Å². The van der Waals surface area contributed by atoms with Crippen LogP contribution < -0.4 is 0 Å². The number of hydrogen-bond acceptors (Lipinski definition) is 1. The van der Waals surface area contributed by atoms with Gasteiger partial charge in [-0.1, -0.05) is 18.2 Å². The fourth-order valence-electron chi connectivity index (χ4n) is 4.25. The summed E-state index contributed by atoms with van der Waals surface area (Å²) in [5.74, 6) is 0. The van der Waals surface area contributed by atoms with Crippen LogP contribution in [0.4, 0.5) is 0 Å². The van der Waals surface area contributed by atoms with Gasteiger partial charge in [0.1, 0.15) is 0 Å². The van der Waals surface area contributed by atoms with Crippen molar-refractivity contribution in [1.29, 1.82) is 0 Å². The van der Waals surface area contributed by atoms with Crippen LogP contribution in [0.1, 0.15) is 27.8 Å². The first kappa shape index (κ1) is 13.1. The van der Waals surface area contributed by atoms with Gasteiger partial charge < -0.3 is 0 Å². The van der Waals surface area contributed by atoms with E-state index in [1.165, 1.54) is 51.8 Å². The summed E-state index contributed by atoms with van der Waals surface area (Å²) in [7, 11) is 0. The molecule has 23 heavy (non-hydrogen) atoms. The van der Waals surface area contributed by atoms with E-state index in [4.69, 9.17) is 0 Å². The Balaban J connectivity index is 1.75. The second-order valence-electron chi connectivity index (χ2n) is 6.84. The minimum Gasteiger partial charge on any atom is -0.256 e. The van der Waals surface area contributed by atoms with E-state index < -0.39 is 0 Å². The van der Waals surface area contributed by atoms with Crippen LogP contribution in [-0.2, 0) is 25.7 Å². The number of benzene rings is 2. The van der Waals surface area contributed by atoms with Crippen LogP contribution >= 0.6 is 0 Å². The summed E-state index contributed by atoms with van der Waals surface area (Å²) < 4.78 is 0. The summed E-state index contributed by atoms with van der Waals surface area (Å²) in [5.41, 5.74) is 12.8. The summed E-state index contributed by atoms with van der Waals surface area (Å²) in [4.78, 5) is 4.59. The second kappa shape index (κ2) is 4.79. The molecule has 0 atom stereocenters. The van der Waals surface area contributed by atoms with Gasteiger partial charge in [0.15, 0.2) is 0 Å². The van der Waals surface area contributed by atoms with Gasteiger partial charge in [0.05, 0.1) is 5.69 Å². The minimum absolute atomic E-state index is 1.11. The molecule has 0 amide bonds. The van der Waals surface area contributed by atoms with E-state index >= 15 is 0 Å². The van der Waals surface area contributed by atoms with Crippen LogP contribution in [0.2, 0.25) is 0 Å². The molecule has 0 N–H and O–H groups in total. The molecular weight excluding hydrogens is 278 g/mol. The SMILES string of the molecule is Cc1ccnc(-c2cc3c4c(c2)CCc2cccc(c2-4)CC3)c1. The molecule has 0 fully saturated rings. The molecule has 0 spiro atoms. The third-order valence-corrected chi connectivity index (χ3v) is 5.33. The molecule has 2 aliphatic rings. The molecule has 0 saturated heterocycles. The van der Waals surface area contributed by atoms with Gasteiger partial charge in [-0.3, -0.25) is 4.98 Å². The van der Waals surface area contributed by atoms with Crippen molar-refractivity contribution in [1.82, 2.24) is 4.98 Å². The summed E-state index contributed by atoms with van der Waals surface area (Å²) in [6.45, 7) is 2.14. The first-order valence-corrected chi connectivity index (χ1v) is 8.49. The van der Waals surface area contributed by atoms with Crippen molar-refractivity contribution in [2.75, 3.05) is 0 Å². The maximum absolute atomic E-state index is 4.59. The lowest BCUT2D eigenvalue weighted by molar-refractivity contribution is 0.877. The zero-order valence-corrected chi connectivity index (χ0v) is 13.4. The van der Waals surface area contributed by atoms with Gasteiger partial charge in [-0.05, 0) is 95.8 Å². The number of rotatable bonds is 1. The van der Waals surface area contributed by atoms with Crippen LogP contribution in [0.5, 0.6) is 0 Å². The predicted octanol–water partition coefficient (Wildman–Crippen LogP) is 4.92. The fourth-order valence-corrected chi connectivity index (χ4v) is 4.25. The highest BCUT2D eigenvalue weighted by molar-refractivity contribution is 5.83. The van der Waals surface area contributed by atoms with Crippen molar-refractivity contribution in [2.24, 2.45) is 0 Å². The Morgan fingerprint density at radius 2 is 1.35 bits per heavy atom. The molecule has 0 radical (unpaired) electrons. The molecule has 2 aliphatic carbocycles. The lowest BCUT2D eigenvalue weighted by Gasteiger charge is -2.29. The number of hydrogen-bond donors (Lipinski definition) is 0. The predicted molar refractivity (Wildman–Crippen MR) is 94.7 cm³/mol. The highest BCUT2D eigenvalue weighted by atomic mass is 14.7. The summed E-state index contributed by atoms with van der Waals surface area (Å²) in [6.07, 6.45) is 6.56. The molecule has 1 heterocycles. The molecule has 0 aliphatic heterocycles. The number of aryl methyl sites for hydroxylation is 5. The molecule has 1 aromatic heterocycles. The zero-order chi connectivity index (χ0) is 15.4. The van der Waals surface area contributed by atoms with Crippen molar-refractivity contribution >= 4 is 0 Å². The van der Waals surface area contributed by atoms with Crippen LogP contribution in [-0.4, -0.2) is 4.98 Å². The molecule has 1 heteroatoms. The lowest BCUT2D eigenvalue weighted by atomic mass is 9.75. The highest BCUT2D eigenvalue weighted by Gasteiger charge is 2.26. The average Bonchev–Trinajstić information content (AvgIpc) is 2.59. The smallest absolute Gasteiger partial charge is 0.0704 e. The Morgan fingerprint density at radius 3 is 2.00 bits per heavy atom. The molecule has 3 aromatic rings. The van der Waals surface area contributed by atoms with Crippen LogP contribution in [0, 0.1) is 6.92 Å². The van der Waals surface area contributed by atoms with Crippen molar-refractivity contribution in [3.05, 3.63) is 76.5 Å². The molecular formula is C22H19N. The quantitative estimate of drug-likeness (QED) is 0.621. The molecule has 112 valence electrons. The monoisotopic (exact) mass is 297 g/mol. The Morgan fingerprint density at radius 1 is 0.739 bits per heavy atom. The molecule has 0 saturated carbocycles. The van der Waals surface area contributed by atoms with E-state index in [2.05, 4.69) is 54.4 Å². The minimum atomic E-state index is 1.11. The van der Waals surface area contributed by atoms with E-state index in [0.717, 1.165) is 18.5 Å². The molecule has 5 rings (SSSR count). The first-order valence-electron chi connectivity index (χ1n) is 8.49. The van der Waals surface area contributed by atoms with E-state index in [1.807, 2.05) is 6.20 Å². The topological polar surface area (TPSA) is 12.9 Å². The fraction of sp³-hybridized carbons (Fsp3) is 0.227. The Hall–Kier alpha value is -2.41. The van der Waals surface area contributed by atoms with Gasteiger partial charge in [0, 0.05) is 11.8 Å². The molecule has 0 bridgehead atoms. The molecule has 2 aromatic carbocycles. The lowest BCUT2D eigenvalue weighted by Crippen LogP contribution is -2.14. The maximum atomic E-state index is 4.59. The third-order valence-electron chi connectivity index (χ3n) is 5.33. The van der Waals surface area contributed by atoms with Gasteiger partial charge in [0.25, 0.3) is 0 Å². The van der Waals surface area contributed by atoms with Gasteiger partial charge in [-0.25, -0.2) is 0 Å². The Kier molecular flexibility index (Phi) is 2.72. The maximum Gasteiger partial charge on any atom is 0.0704 e. The Bertz CT molecular complexity index is 889.